The van der Waals surface area contributed by atoms with Crippen LogP contribution in [0.15, 0.2) is 46.9 Å². The summed E-state index contributed by atoms with van der Waals surface area (Å²) in [7, 11) is 0. The molecule has 0 aliphatic rings. The van der Waals surface area contributed by atoms with E-state index in [9.17, 15) is 9.59 Å². The molecule has 0 aliphatic carbocycles. The van der Waals surface area contributed by atoms with Crippen LogP contribution in [0, 0.1) is 0 Å². The molecule has 1 aromatic heterocycles. The molecule has 2 rings (SSSR count). The second-order valence-corrected chi connectivity index (χ2v) is 5.06. The van der Waals surface area contributed by atoms with Crippen molar-refractivity contribution in [2.24, 2.45) is 0 Å². The number of nitrogens with one attached hydrogen (secondary N) is 3. The molecule has 2 aromatic rings. The number of furan rings is 1. The predicted octanol–water partition coefficient (Wildman–Crippen LogP) is 2.60. The van der Waals surface area contributed by atoms with Crippen LogP contribution < -0.4 is 20.9 Å². The number of carbonyl (C=O) groups excluding carboxylic acids is 2. The Morgan fingerprint density at radius 1 is 1.08 bits per heavy atom. The second kappa shape index (κ2) is 9.24. The van der Waals surface area contributed by atoms with Gasteiger partial charge >= 0.3 is 11.9 Å². The second-order valence-electron chi connectivity index (χ2n) is 5.06. The normalized spacial score (nSPS) is 10.0. The average molecular weight is 331 g/mol. The summed E-state index contributed by atoms with van der Waals surface area (Å²) >= 11 is 0. The highest BCUT2D eigenvalue weighted by atomic mass is 16.5. The van der Waals surface area contributed by atoms with Crippen molar-refractivity contribution in [3.05, 3.63) is 54.0 Å². The summed E-state index contributed by atoms with van der Waals surface area (Å²) in [5, 5.41) is 2.62. The molecule has 128 valence electrons. The number of hydrogen-bond donors (Lipinski definition) is 3. The first-order valence-electron chi connectivity index (χ1n) is 7.79. The van der Waals surface area contributed by atoms with Gasteiger partial charge in [-0.1, -0.05) is 31.5 Å². The summed E-state index contributed by atoms with van der Waals surface area (Å²) in [5.41, 5.74) is 4.54. The summed E-state index contributed by atoms with van der Waals surface area (Å²) in [6.07, 6.45) is 1.86. The number of rotatable bonds is 7. The number of benzene rings is 1. The van der Waals surface area contributed by atoms with Crippen molar-refractivity contribution in [3.8, 4) is 5.75 Å². The van der Waals surface area contributed by atoms with E-state index in [0.29, 0.717) is 18.1 Å². The van der Waals surface area contributed by atoms with Crippen LogP contribution in [-0.4, -0.2) is 18.5 Å². The van der Waals surface area contributed by atoms with E-state index in [1.165, 1.54) is 6.07 Å². The molecule has 0 bridgehead atoms. The molecule has 0 aliphatic heterocycles. The van der Waals surface area contributed by atoms with Gasteiger partial charge in [-0.25, -0.2) is 10.2 Å². The van der Waals surface area contributed by atoms with E-state index in [1.54, 1.807) is 6.07 Å². The molecule has 0 unspecified atom stereocenters. The molecule has 7 heteroatoms. The van der Waals surface area contributed by atoms with Gasteiger partial charge in [-0.2, -0.15) is 0 Å². The lowest BCUT2D eigenvalue weighted by Crippen LogP contribution is -2.47. The first-order chi connectivity index (χ1) is 11.7. The lowest BCUT2D eigenvalue weighted by Gasteiger charge is -2.07. The Morgan fingerprint density at radius 2 is 1.88 bits per heavy atom. The van der Waals surface area contributed by atoms with E-state index < -0.39 is 11.9 Å². The summed E-state index contributed by atoms with van der Waals surface area (Å²) < 4.78 is 10.9. The maximum atomic E-state index is 11.9. The standard InChI is InChI=1S/C17H21N3O4/c1-2-3-11-18-17(22)20-19-16(21)15-10-9-14(24-15)12-23-13-7-5-4-6-8-13/h4-10H,2-3,11-12H2,1H3,(H,19,21)(H2,18,20,22). The van der Waals surface area contributed by atoms with E-state index in [4.69, 9.17) is 9.15 Å². The number of carbonyl (C=O) groups is 2. The zero-order valence-electron chi connectivity index (χ0n) is 13.5. The summed E-state index contributed by atoms with van der Waals surface area (Å²) in [5.74, 6) is 0.781. The Bertz CT molecular complexity index is 655. The number of urea groups is 1. The summed E-state index contributed by atoms with van der Waals surface area (Å²) in [6, 6.07) is 12.0. The summed E-state index contributed by atoms with van der Waals surface area (Å²) in [6.45, 7) is 2.79. The fraction of sp³-hybridized carbons (Fsp3) is 0.294. The third-order valence-corrected chi connectivity index (χ3v) is 3.12. The number of hydrogen-bond acceptors (Lipinski definition) is 4. The molecule has 0 radical (unpaired) electrons. The fourth-order valence-corrected chi connectivity index (χ4v) is 1.85. The van der Waals surface area contributed by atoms with Crippen LogP contribution in [0.25, 0.3) is 0 Å². The van der Waals surface area contributed by atoms with Crippen molar-refractivity contribution in [1.29, 1.82) is 0 Å². The highest BCUT2D eigenvalue weighted by Crippen LogP contribution is 2.13. The van der Waals surface area contributed by atoms with Crippen LogP contribution in [0.5, 0.6) is 5.75 Å². The Balaban J connectivity index is 1.75. The van der Waals surface area contributed by atoms with Crippen LogP contribution in [0.3, 0.4) is 0 Å². The van der Waals surface area contributed by atoms with Crippen LogP contribution in [0.4, 0.5) is 4.79 Å². The van der Waals surface area contributed by atoms with E-state index in [2.05, 4.69) is 16.2 Å². The molecule has 0 saturated carbocycles. The molecule has 0 spiro atoms. The van der Waals surface area contributed by atoms with Gasteiger partial charge in [0.25, 0.3) is 0 Å². The lowest BCUT2D eigenvalue weighted by atomic mass is 10.3. The lowest BCUT2D eigenvalue weighted by molar-refractivity contribution is 0.0904. The van der Waals surface area contributed by atoms with Gasteiger partial charge in [0, 0.05) is 6.54 Å². The minimum absolute atomic E-state index is 0.0931. The Labute approximate surface area is 140 Å². The Morgan fingerprint density at radius 3 is 2.62 bits per heavy atom. The van der Waals surface area contributed by atoms with Crippen LogP contribution in [0.1, 0.15) is 36.1 Å². The van der Waals surface area contributed by atoms with Crippen molar-refractivity contribution in [2.75, 3.05) is 6.54 Å². The highest BCUT2D eigenvalue weighted by molar-refractivity contribution is 5.92. The zero-order valence-corrected chi connectivity index (χ0v) is 13.5. The molecule has 1 heterocycles. The Kier molecular flexibility index (Phi) is 6.70. The predicted molar refractivity (Wildman–Crippen MR) is 88.4 cm³/mol. The number of unbranched alkanes of at least 4 members (excludes halogenated alkanes) is 1. The fourth-order valence-electron chi connectivity index (χ4n) is 1.85. The first kappa shape index (κ1) is 17.4. The quantitative estimate of drug-likeness (QED) is 0.537. The largest absolute Gasteiger partial charge is 0.486 e. The molecular formula is C17H21N3O4. The minimum Gasteiger partial charge on any atom is -0.486 e. The van der Waals surface area contributed by atoms with Gasteiger partial charge in [0.05, 0.1) is 0 Å². The van der Waals surface area contributed by atoms with Gasteiger partial charge < -0.3 is 14.5 Å². The monoisotopic (exact) mass is 331 g/mol. The SMILES string of the molecule is CCCCNC(=O)NNC(=O)c1ccc(COc2ccccc2)o1. The maximum Gasteiger partial charge on any atom is 0.333 e. The molecule has 0 atom stereocenters. The average Bonchev–Trinajstić information content (AvgIpc) is 3.08. The first-order valence-corrected chi connectivity index (χ1v) is 7.79. The summed E-state index contributed by atoms with van der Waals surface area (Å²) in [4.78, 5) is 23.3. The van der Waals surface area contributed by atoms with E-state index in [-0.39, 0.29) is 12.4 Å². The van der Waals surface area contributed by atoms with Crippen LogP contribution in [-0.2, 0) is 6.61 Å². The minimum atomic E-state index is -0.536. The number of amides is 3. The number of para-hydroxylation sites is 1. The van der Waals surface area contributed by atoms with E-state index in [1.807, 2.05) is 37.3 Å². The van der Waals surface area contributed by atoms with E-state index >= 15 is 0 Å². The van der Waals surface area contributed by atoms with Gasteiger partial charge in [0.1, 0.15) is 18.1 Å². The van der Waals surface area contributed by atoms with Gasteiger partial charge in [0.2, 0.25) is 0 Å². The van der Waals surface area contributed by atoms with Crippen molar-refractivity contribution in [3.63, 3.8) is 0 Å². The molecule has 3 amide bonds. The smallest absolute Gasteiger partial charge is 0.333 e. The molecule has 3 N–H and O–H groups in total. The third kappa shape index (κ3) is 5.68. The van der Waals surface area contributed by atoms with Crippen LogP contribution >= 0.6 is 0 Å². The number of hydrazine groups is 1. The Hall–Kier alpha value is -2.96. The molecular weight excluding hydrogens is 310 g/mol. The van der Waals surface area contributed by atoms with Gasteiger partial charge in [-0.15, -0.1) is 0 Å². The van der Waals surface area contributed by atoms with E-state index in [0.717, 1.165) is 12.8 Å². The molecule has 1 aromatic carbocycles. The molecule has 7 nitrogen and oxygen atoms in total. The molecule has 0 saturated heterocycles. The van der Waals surface area contributed by atoms with Crippen molar-refractivity contribution >= 4 is 11.9 Å². The van der Waals surface area contributed by atoms with Gasteiger partial charge in [-0.05, 0) is 30.7 Å². The highest BCUT2D eigenvalue weighted by Gasteiger charge is 2.12. The van der Waals surface area contributed by atoms with Crippen LogP contribution in [0.2, 0.25) is 0 Å². The third-order valence-electron chi connectivity index (χ3n) is 3.12. The maximum absolute atomic E-state index is 11.9. The van der Waals surface area contributed by atoms with Crippen molar-refractivity contribution in [2.45, 2.75) is 26.4 Å². The topological polar surface area (TPSA) is 92.6 Å². The molecule has 0 fully saturated rings. The number of ether oxygens (including phenoxy) is 1. The van der Waals surface area contributed by atoms with Crippen molar-refractivity contribution < 1.29 is 18.7 Å². The molecule has 24 heavy (non-hydrogen) atoms. The van der Waals surface area contributed by atoms with Crippen molar-refractivity contribution in [1.82, 2.24) is 16.2 Å². The zero-order chi connectivity index (χ0) is 17.2. The van der Waals surface area contributed by atoms with Gasteiger partial charge in [0.15, 0.2) is 5.76 Å². The van der Waals surface area contributed by atoms with Gasteiger partial charge in [-0.3, -0.25) is 10.2 Å².